The molecule has 0 N–H and O–H groups in total. The molecule has 1 aromatic heterocycles. The molecular weight excluding hydrogens is 298 g/mol. The molecule has 1 aromatic rings. The molecule has 2 bridgehead atoms. The largest absolute Gasteiger partial charge is 0.374 e. The fourth-order valence-corrected chi connectivity index (χ4v) is 4.50. The maximum Gasteiger partial charge on any atom is 0.264 e. The molecule has 0 spiro atoms. The Balaban J connectivity index is 1.53. The van der Waals surface area contributed by atoms with Crippen LogP contribution in [0.3, 0.4) is 0 Å². The smallest absolute Gasteiger partial charge is 0.264 e. The molecule has 22 heavy (non-hydrogen) atoms. The summed E-state index contributed by atoms with van der Waals surface area (Å²) < 4.78 is 12.2. The van der Waals surface area contributed by atoms with E-state index in [0.29, 0.717) is 13.2 Å². The highest BCUT2D eigenvalue weighted by atomic mass is 32.1. The summed E-state index contributed by atoms with van der Waals surface area (Å²) in [5, 5.41) is 2.00. The lowest BCUT2D eigenvalue weighted by atomic mass is 10.1. The summed E-state index contributed by atoms with van der Waals surface area (Å²) in [4.78, 5) is 15.8. The maximum atomic E-state index is 12.9. The summed E-state index contributed by atoms with van der Waals surface area (Å²) >= 11 is 1.54. The highest BCUT2D eigenvalue weighted by molar-refractivity contribution is 7.12. The molecule has 0 unspecified atom stereocenters. The standard InChI is InChI=1S/C17H23NO3S/c1-11-6-9-22-16(11)17(19)18-7-8-20-14-5-4-13(18)15(14)21-10-12-2-3-12/h6,9,12-15H,2-5,7-8,10H2,1H3/t13-,14-,15+/m0/s1. The average Bonchev–Trinajstić information content (AvgIpc) is 3.13. The number of carbonyl (C=O) groups is 1. The van der Waals surface area contributed by atoms with Crippen molar-refractivity contribution in [1.29, 1.82) is 0 Å². The molecule has 4 rings (SSSR count). The second-order valence-electron chi connectivity index (χ2n) is 6.73. The number of ether oxygens (including phenoxy) is 2. The topological polar surface area (TPSA) is 38.8 Å². The Morgan fingerprint density at radius 1 is 1.41 bits per heavy atom. The SMILES string of the molecule is Cc1ccsc1C(=O)N1CCO[C@H]2CC[C@H]1[C@H]2OCC1CC1. The summed E-state index contributed by atoms with van der Waals surface area (Å²) in [6, 6.07) is 2.20. The lowest BCUT2D eigenvalue weighted by molar-refractivity contribution is -0.0556. The number of hydrogen-bond donors (Lipinski definition) is 0. The number of carbonyl (C=O) groups excluding carboxylic acids is 1. The van der Waals surface area contributed by atoms with Gasteiger partial charge in [0.05, 0.1) is 23.6 Å². The number of hydrogen-bond acceptors (Lipinski definition) is 4. The van der Waals surface area contributed by atoms with Crippen LogP contribution < -0.4 is 0 Å². The van der Waals surface area contributed by atoms with E-state index in [-0.39, 0.29) is 24.2 Å². The predicted molar refractivity (Wildman–Crippen MR) is 85.3 cm³/mol. The molecule has 1 saturated heterocycles. The quantitative estimate of drug-likeness (QED) is 0.856. The van der Waals surface area contributed by atoms with Gasteiger partial charge in [0.25, 0.3) is 5.91 Å². The second-order valence-corrected chi connectivity index (χ2v) is 7.64. The van der Waals surface area contributed by atoms with Gasteiger partial charge >= 0.3 is 0 Å². The zero-order chi connectivity index (χ0) is 15.1. The summed E-state index contributed by atoms with van der Waals surface area (Å²) in [6.45, 7) is 4.15. The van der Waals surface area contributed by atoms with Gasteiger partial charge in [-0.15, -0.1) is 11.3 Å². The van der Waals surface area contributed by atoms with E-state index < -0.39 is 0 Å². The van der Waals surface area contributed by atoms with Crippen LogP contribution in [-0.4, -0.2) is 48.8 Å². The first-order valence-corrected chi connectivity index (χ1v) is 9.20. The Hall–Kier alpha value is -0.910. The van der Waals surface area contributed by atoms with Crippen LogP contribution in [0.15, 0.2) is 11.4 Å². The third kappa shape index (κ3) is 2.70. The van der Waals surface area contributed by atoms with E-state index >= 15 is 0 Å². The normalized spacial score (nSPS) is 31.3. The first kappa shape index (κ1) is 14.7. The molecule has 3 atom stereocenters. The molecule has 5 heteroatoms. The number of amides is 1. The molecule has 2 saturated carbocycles. The van der Waals surface area contributed by atoms with E-state index in [1.165, 1.54) is 12.8 Å². The predicted octanol–water partition coefficient (Wildman–Crippen LogP) is 2.86. The molecule has 4 nitrogen and oxygen atoms in total. The molecule has 0 aromatic carbocycles. The van der Waals surface area contributed by atoms with E-state index in [0.717, 1.165) is 35.8 Å². The Morgan fingerprint density at radius 2 is 2.27 bits per heavy atom. The zero-order valence-electron chi connectivity index (χ0n) is 13.0. The van der Waals surface area contributed by atoms with Crippen LogP contribution in [0.25, 0.3) is 0 Å². The fourth-order valence-electron chi connectivity index (χ4n) is 3.62. The van der Waals surface area contributed by atoms with Crippen molar-refractivity contribution < 1.29 is 14.3 Å². The Labute approximate surface area is 135 Å². The van der Waals surface area contributed by atoms with Crippen LogP contribution in [-0.2, 0) is 9.47 Å². The van der Waals surface area contributed by atoms with Crippen molar-refractivity contribution in [2.75, 3.05) is 19.8 Å². The molecule has 2 aliphatic carbocycles. The first-order valence-electron chi connectivity index (χ1n) is 8.32. The number of thiophene rings is 1. The second kappa shape index (κ2) is 5.95. The Morgan fingerprint density at radius 3 is 3.00 bits per heavy atom. The van der Waals surface area contributed by atoms with Gasteiger partial charge in [0.2, 0.25) is 0 Å². The minimum Gasteiger partial charge on any atom is -0.374 e. The van der Waals surface area contributed by atoms with Crippen molar-refractivity contribution in [1.82, 2.24) is 4.90 Å². The van der Waals surface area contributed by atoms with Gasteiger partial charge in [-0.05, 0) is 55.5 Å². The lowest BCUT2D eigenvalue weighted by Crippen LogP contribution is -2.46. The van der Waals surface area contributed by atoms with Gasteiger partial charge in [-0.1, -0.05) is 0 Å². The average molecular weight is 321 g/mol. The van der Waals surface area contributed by atoms with E-state index in [2.05, 4.69) is 0 Å². The molecule has 0 radical (unpaired) electrons. The van der Waals surface area contributed by atoms with Gasteiger partial charge in [0.15, 0.2) is 0 Å². The van der Waals surface area contributed by atoms with Gasteiger partial charge in [0.1, 0.15) is 6.10 Å². The fraction of sp³-hybridized carbons (Fsp3) is 0.706. The van der Waals surface area contributed by atoms with Crippen molar-refractivity contribution in [2.24, 2.45) is 5.92 Å². The number of fused-ring (bicyclic) bond motifs is 2. The summed E-state index contributed by atoms with van der Waals surface area (Å²) in [7, 11) is 0. The van der Waals surface area contributed by atoms with Crippen LogP contribution >= 0.6 is 11.3 Å². The van der Waals surface area contributed by atoms with Crippen LogP contribution in [0.5, 0.6) is 0 Å². The minimum atomic E-state index is 0.0623. The monoisotopic (exact) mass is 321 g/mol. The van der Waals surface area contributed by atoms with Crippen molar-refractivity contribution in [2.45, 2.75) is 50.9 Å². The van der Waals surface area contributed by atoms with Crippen LogP contribution in [0.2, 0.25) is 0 Å². The number of nitrogens with zero attached hydrogens (tertiary/aromatic N) is 1. The van der Waals surface area contributed by atoms with Crippen molar-refractivity contribution in [3.05, 3.63) is 21.9 Å². The van der Waals surface area contributed by atoms with Gasteiger partial charge < -0.3 is 14.4 Å². The van der Waals surface area contributed by atoms with Gasteiger partial charge in [0, 0.05) is 13.2 Å². The van der Waals surface area contributed by atoms with E-state index in [1.54, 1.807) is 11.3 Å². The Bertz CT molecular complexity index is 554. The molecular formula is C17H23NO3S. The van der Waals surface area contributed by atoms with Gasteiger partial charge in [-0.2, -0.15) is 0 Å². The van der Waals surface area contributed by atoms with Crippen molar-refractivity contribution in [3.8, 4) is 0 Å². The molecule has 1 aliphatic heterocycles. The van der Waals surface area contributed by atoms with Gasteiger partial charge in [-0.3, -0.25) is 4.79 Å². The third-order valence-electron chi connectivity index (χ3n) is 5.10. The van der Waals surface area contributed by atoms with Crippen molar-refractivity contribution >= 4 is 17.2 Å². The van der Waals surface area contributed by atoms with E-state index in [1.807, 2.05) is 23.3 Å². The molecule has 120 valence electrons. The van der Waals surface area contributed by atoms with E-state index in [9.17, 15) is 4.79 Å². The number of aryl methyl sites for hydroxylation is 1. The summed E-state index contributed by atoms with van der Waals surface area (Å²) in [5.41, 5.74) is 1.07. The third-order valence-corrected chi connectivity index (χ3v) is 6.10. The molecule has 1 amide bonds. The maximum absolute atomic E-state index is 12.9. The van der Waals surface area contributed by atoms with Gasteiger partial charge in [-0.25, -0.2) is 0 Å². The minimum absolute atomic E-state index is 0.0623. The lowest BCUT2D eigenvalue weighted by Gasteiger charge is -2.31. The highest BCUT2D eigenvalue weighted by Gasteiger charge is 2.45. The van der Waals surface area contributed by atoms with Crippen LogP contribution in [0, 0.1) is 12.8 Å². The van der Waals surface area contributed by atoms with E-state index in [4.69, 9.17) is 9.47 Å². The highest BCUT2D eigenvalue weighted by Crippen LogP contribution is 2.36. The molecule has 3 fully saturated rings. The zero-order valence-corrected chi connectivity index (χ0v) is 13.8. The Kier molecular flexibility index (Phi) is 3.96. The first-order chi connectivity index (χ1) is 10.7. The van der Waals surface area contributed by atoms with Crippen LogP contribution in [0.1, 0.15) is 40.9 Å². The summed E-state index contributed by atoms with van der Waals surface area (Å²) in [5.74, 6) is 0.898. The van der Waals surface area contributed by atoms with Crippen LogP contribution in [0.4, 0.5) is 0 Å². The molecule has 3 aliphatic rings. The molecule has 2 heterocycles. The van der Waals surface area contributed by atoms with Crippen molar-refractivity contribution in [3.63, 3.8) is 0 Å². The summed E-state index contributed by atoms with van der Waals surface area (Å²) in [6.07, 6.45) is 4.82. The number of rotatable bonds is 4.